The minimum Gasteiger partial charge on any atom is -0.481 e. The molecule has 1 N–H and O–H groups in total. The third kappa shape index (κ3) is 2.19. The molecule has 0 amide bonds. The van der Waals surface area contributed by atoms with Gasteiger partial charge in [-0.15, -0.1) is 0 Å². The molecule has 3 heteroatoms. The molecule has 1 rings (SSSR count). The van der Waals surface area contributed by atoms with E-state index in [1.165, 1.54) is 0 Å². The van der Waals surface area contributed by atoms with Crippen LogP contribution in [0, 0.1) is 5.92 Å². The fraction of sp³-hybridized carbons (Fsp3) is 0.556. The number of carboxylic acids is 1. The van der Waals surface area contributed by atoms with Crippen molar-refractivity contribution in [3.63, 3.8) is 0 Å². The third-order valence-corrected chi connectivity index (χ3v) is 2.10. The van der Waals surface area contributed by atoms with Gasteiger partial charge in [-0.1, -0.05) is 5.57 Å². The van der Waals surface area contributed by atoms with Crippen LogP contribution in [0.5, 0.6) is 0 Å². The van der Waals surface area contributed by atoms with E-state index in [1.807, 2.05) is 6.92 Å². The number of aliphatic carboxylic acids is 1. The molecule has 0 aromatic carbocycles. The number of ketones is 1. The molecule has 12 heavy (non-hydrogen) atoms. The van der Waals surface area contributed by atoms with Gasteiger partial charge < -0.3 is 5.11 Å². The second-order valence-corrected chi connectivity index (χ2v) is 3.23. The summed E-state index contributed by atoms with van der Waals surface area (Å²) in [5, 5.41) is 8.48. The summed E-state index contributed by atoms with van der Waals surface area (Å²) < 4.78 is 0. The first-order valence-electron chi connectivity index (χ1n) is 4.02. The van der Waals surface area contributed by atoms with Crippen molar-refractivity contribution in [1.82, 2.24) is 0 Å². The molecule has 0 fully saturated rings. The highest BCUT2D eigenvalue weighted by Gasteiger charge is 2.22. The van der Waals surface area contributed by atoms with Crippen molar-refractivity contribution in [3.8, 4) is 0 Å². The van der Waals surface area contributed by atoms with E-state index in [1.54, 1.807) is 6.08 Å². The summed E-state index contributed by atoms with van der Waals surface area (Å²) >= 11 is 0. The Hall–Kier alpha value is -1.12. The Morgan fingerprint density at radius 3 is 2.92 bits per heavy atom. The molecule has 0 saturated heterocycles. The number of carboxylic acid groups (broad SMARTS) is 1. The highest BCUT2D eigenvalue weighted by atomic mass is 16.4. The first-order chi connectivity index (χ1) is 5.59. The molecule has 0 radical (unpaired) electrons. The zero-order valence-corrected chi connectivity index (χ0v) is 7.04. The van der Waals surface area contributed by atoms with Crippen LogP contribution in [-0.2, 0) is 9.59 Å². The Bertz CT molecular complexity index is 240. The molecule has 0 bridgehead atoms. The lowest BCUT2D eigenvalue weighted by atomic mass is 9.87. The highest BCUT2D eigenvalue weighted by molar-refractivity contribution is 5.95. The summed E-state index contributed by atoms with van der Waals surface area (Å²) in [6.07, 6.45) is 3.08. The van der Waals surface area contributed by atoms with Crippen LogP contribution in [0.25, 0.3) is 0 Å². The zero-order valence-electron chi connectivity index (χ0n) is 7.04. The Morgan fingerprint density at radius 2 is 2.42 bits per heavy atom. The number of allylic oxidation sites excluding steroid dienone is 2. The van der Waals surface area contributed by atoms with E-state index in [0.717, 1.165) is 12.0 Å². The molecular weight excluding hydrogens is 156 g/mol. The van der Waals surface area contributed by atoms with Crippen LogP contribution >= 0.6 is 0 Å². The number of rotatable bonds is 2. The fourth-order valence-electron chi connectivity index (χ4n) is 1.39. The predicted molar refractivity (Wildman–Crippen MR) is 43.7 cm³/mol. The van der Waals surface area contributed by atoms with E-state index in [2.05, 4.69) is 0 Å². The number of carbonyl (C=O) groups is 2. The van der Waals surface area contributed by atoms with Gasteiger partial charge in [-0.2, -0.15) is 0 Å². The lowest BCUT2D eigenvalue weighted by molar-refractivity contribution is -0.140. The molecular formula is C9H12O3. The Kier molecular flexibility index (Phi) is 2.63. The van der Waals surface area contributed by atoms with Gasteiger partial charge in [0.2, 0.25) is 0 Å². The van der Waals surface area contributed by atoms with Gasteiger partial charge in [0.1, 0.15) is 0 Å². The molecule has 0 spiro atoms. The lowest BCUT2D eigenvalue weighted by Crippen LogP contribution is -2.20. The van der Waals surface area contributed by atoms with Crippen molar-refractivity contribution in [1.29, 1.82) is 0 Å². The maximum Gasteiger partial charge on any atom is 0.304 e. The second-order valence-electron chi connectivity index (χ2n) is 3.23. The molecule has 0 saturated carbocycles. The predicted octanol–water partition coefficient (Wildman–Crippen LogP) is 1.39. The van der Waals surface area contributed by atoms with Crippen LogP contribution in [0.1, 0.15) is 26.2 Å². The van der Waals surface area contributed by atoms with E-state index >= 15 is 0 Å². The standard InChI is InChI=1S/C9H12O3/c1-6-2-3-7(5-9(11)12)8(10)4-6/h4,7H,2-3,5H2,1H3,(H,11,12). The maximum absolute atomic E-state index is 11.2. The zero-order chi connectivity index (χ0) is 9.14. The molecule has 66 valence electrons. The average Bonchev–Trinajstić information content (AvgIpc) is 1.94. The summed E-state index contributed by atoms with van der Waals surface area (Å²) in [5.74, 6) is -1.20. The SMILES string of the molecule is CC1=CC(=O)C(CC(=O)O)CC1. The molecule has 0 aromatic heterocycles. The molecule has 1 unspecified atom stereocenters. The number of hydrogen-bond acceptors (Lipinski definition) is 2. The van der Waals surface area contributed by atoms with Crippen molar-refractivity contribution in [3.05, 3.63) is 11.6 Å². The number of hydrogen-bond donors (Lipinski definition) is 1. The summed E-state index contributed by atoms with van der Waals surface area (Å²) in [6.45, 7) is 1.90. The quantitative estimate of drug-likeness (QED) is 0.677. The third-order valence-electron chi connectivity index (χ3n) is 2.10. The van der Waals surface area contributed by atoms with E-state index < -0.39 is 5.97 Å². The molecule has 1 aliphatic carbocycles. The molecule has 3 nitrogen and oxygen atoms in total. The van der Waals surface area contributed by atoms with Crippen LogP contribution in [0.3, 0.4) is 0 Å². The van der Waals surface area contributed by atoms with E-state index in [-0.39, 0.29) is 18.1 Å². The minimum atomic E-state index is -0.888. The van der Waals surface area contributed by atoms with Gasteiger partial charge in [-0.25, -0.2) is 0 Å². The van der Waals surface area contributed by atoms with Crippen LogP contribution in [0.4, 0.5) is 0 Å². The Balaban J connectivity index is 2.59. The Morgan fingerprint density at radius 1 is 1.75 bits per heavy atom. The fourth-order valence-corrected chi connectivity index (χ4v) is 1.39. The second kappa shape index (κ2) is 3.52. The monoisotopic (exact) mass is 168 g/mol. The van der Waals surface area contributed by atoms with Crippen LogP contribution in [0.15, 0.2) is 11.6 Å². The van der Waals surface area contributed by atoms with Gasteiger partial charge >= 0.3 is 5.97 Å². The summed E-state index contributed by atoms with van der Waals surface area (Å²) in [7, 11) is 0. The van der Waals surface area contributed by atoms with Gasteiger partial charge in [0.15, 0.2) is 5.78 Å². The summed E-state index contributed by atoms with van der Waals surface area (Å²) in [5.41, 5.74) is 1.06. The topological polar surface area (TPSA) is 54.4 Å². The van der Waals surface area contributed by atoms with Gasteiger partial charge in [-0.3, -0.25) is 9.59 Å². The maximum atomic E-state index is 11.2. The van der Waals surface area contributed by atoms with Crippen molar-refractivity contribution in [2.75, 3.05) is 0 Å². The van der Waals surface area contributed by atoms with Gasteiger partial charge in [-0.05, 0) is 25.8 Å². The lowest BCUT2D eigenvalue weighted by Gasteiger charge is -2.16. The summed E-state index contributed by atoms with van der Waals surface area (Å²) in [6, 6.07) is 0. The van der Waals surface area contributed by atoms with E-state index in [4.69, 9.17) is 5.11 Å². The molecule has 1 atom stereocenters. The number of carbonyl (C=O) groups excluding carboxylic acids is 1. The van der Waals surface area contributed by atoms with Crippen LogP contribution < -0.4 is 0 Å². The van der Waals surface area contributed by atoms with Crippen molar-refractivity contribution < 1.29 is 14.7 Å². The Labute approximate surface area is 71.1 Å². The first kappa shape index (κ1) is 8.97. The van der Waals surface area contributed by atoms with Gasteiger partial charge in [0, 0.05) is 5.92 Å². The molecule has 0 heterocycles. The largest absolute Gasteiger partial charge is 0.481 e. The van der Waals surface area contributed by atoms with E-state index in [9.17, 15) is 9.59 Å². The van der Waals surface area contributed by atoms with Crippen LogP contribution in [-0.4, -0.2) is 16.9 Å². The highest BCUT2D eigenvalue weighted by Crippen LogP contribution is 2.22. The van der Waals surface area contributed by atoms with Gasteiger partial charge in [0.05, 0.1) is 6.42 Å². The minimum absolute atomic E-state index is 0.0252. The van der Waals surface area contributed by atoms with Crippen molar-refractivity contribution >= 4 is 11.8 Å². The van der Waals surface area contributed by atoms with Gasteiger partial charge in [0.25, 0.3) is 0 Å². The van der Waals surface area contributed by atoms with E-state index in [0.29, 0.717) is 6.42 Å². The summed E-state index contributed by atoms with van der Waals surface area (Å²) in [4.78, 5) is 21.5. The average molecular weight is 168 g/mol. The normalized spacial score (nSPS) is 23.6. The van der Waals surface area contributed by atoms with Crippen LogP contribution in [0.2, 0.25) is 0 Å². The molecule has 1 aliphatic rings. The van der Waals surface area contributed by atoms with Crippen molar-refractivity contribution in [2.24, 2.45) is 5.92 Å². The smallest absolute Gasteiger partial charge is 0.304 e. The first-order valence-corrected chi connectivity index (χ1v) is 4.02. The van der Waals surface area contributed by atoms with Crippen molar-refractivity contribution in [2.45, 2.75) is 26.2 Å². The molecule has 0 aliphatic heterocycles. The molecule has 0 aromatic rings.